The molecular weight excluding hydrogens is 210 g/mol. The number of aliphatic hydroxyl groups is 1. The highest BCUT2D eigenvalue weighted by Crippen LogP contribution is 2.24. The maximum Gasteiger partial charge on any atom is 0.0640 e. The van der Waals surface area contributed by atoms with E-state index < -0.39 is 0 Å². The molecule has 0 radical (unpaired) electrons. The molecule has 0 aliphatic rings. The fraction of sp³-hybridized carbons (Fsp3) is 0.500. The van der Waals surface area contributed by atoms with Gasteiger partial charge in [-0.05, 0) is 24.6 Å². The molecule has 0 aromatic heterocycles. The van der Waals surface area contributed by atoms with Gasteiger partial charge in [0.2, 0.25) is 0 Å². The summed E-state index contributed by atoms with van der Waals surface area (Å²) in [5, 5.41) is 13.1. The maximum atomic E-state index is 9.11. The van der Waals surface area contributed by atoms with Gasteiger partial charge >= 0.3 is 0 Å². The molecule has 1 rings (SSSR count). The highest BCUT2D eigenvalue weighted by molar-refractivity contribution is 6.33. The van der Waals surface area contributed by atoms with E-state index >= 15 is 0 Å². The molecule has 2 N–H and O–H groups in total. The van der Waals surface area contributed by atoms with Crippen molar-refractivity contribution in [2.24, 2.45) is 5.41 Å². The van der Waals surface area contributed by atoms with Crippen LogP contribution in [-0.4, -0.2) is 18.3 Å². The standard InChI is InChI=1S/C12H18ClNO/c1-9-4-5-11(10(13)6-9)14-7-12(2,3)8-15/h4-6,14-15H,7-8H2,1-3H3. The minimum atomic E-state index is -0.131. The molecule has 84 valence electrons. The van der Waals surface area contributed by atoms with E-state index in [9.17, 15) is 0 Å². The summed E-state index contributed by atoms with van der Waals surface area (Å²) >= 11 is 6.08. The van der Waals surface area contributed by atoms with Crippen LogP contribution in [0.1, 0.15) is 19.4 Å². The van der Waals surface area contributed by atoms with Crippen molar-refractivity contribution in [1.82, 2.24) is 0 Å². The van der Waals surface area contributed by atoms with Crippen molar-refractivity contribution in [3.8, 4) is 0 Å². The lowest BCUT2D eigenvalue weighted by atomic mass is 9.95. The van der Waals surface area contributed by atoms with E-state index in [1.807, 2.05) is 39.0 Å². The van der Waals surface area contributed by atoms with E-state index in [4.69, 9.17) is 16.7 Å². The average Bonchev–Trinajstić information content (AvgIpc) is 2.16. The molecule has 0 saturated heterocycles. The Kier molecular flexibility index (Phi) is 4.00. The monoisotopic (exact) mass is 227 g/mol. The lowest BCUT2D eigenvalue weighted by Gasteiger charge is -2.23. The number of hydrogen-bond donors (Lipinski definition) is 2. The van der Waals surface area contributed by atoms with E-state index in [0.717, 1.165) is 16.3 Å². The predicted octanol–water partition coefficient (Wildman–Crippen LogP) is 3.08. The first-order valence-electron chi connectivity index (χ1n) is 5.05. The Morgan fingerprint density at radius 1 is 1.40 bits per heavy atom. The lowest BCUT2D eigenvalue weighted by molar-refractivity contribution is 0.171. The Hall–Kier alpha value is -0.730. The highest BCUT2D eigenvalue weighted by atomic mass is 35.5. The van der Waals surface area contributed by atoms with Crippen molar-refractivity contribution in [3.63, 3.8) is 0 Å². The number of hydrogen-bond acceptors (Lipinski definition) is 2. The maximum absolute atomic E-state index is 9.11. The second kappa shape index (κ2) is 4.86. The number of benzene rings is 1. The Morgan fingerprint density at radius 2 is 2.07 bits per heavy atom. The number of rotatable bonds is 4. The SMILES string of the molecule is Cc1ccc(NCC(C)(C)CO)c(Cl)c1. The molecule has 0 unspecified atom stereocenters. The van der Waals surface area contributed by atoms with Crippen molar-refractivity contribution in [3.05, 3.63) is 28.8 Å². The Labute approximate surface area is 96.3 Å². The molecule has 3 heteroatoms. The van der Waals surface area contributed by atoms with Crippen LogP contribution in [0.3, 0.4) is 0 Å². The fourth-order valence-corrected chi connectivity index (χ4v) is 1.46. The van der Waals surface area contributed by atoms with Crippen LogP contribution < -0.4 is 5.32 Å². The summed E-state index contributed by atoms with van der Waals surface area (Å²) in [6.07, 6.45) is 0. The van der Waals surface area contributed by atoms with Crippen LogP contribution in [0.15, 0.2) is 18.2 Å². The normalized spacial score (nSPS) is 11.5. The Bertz CT molecular complexity index is 336. The van der Waals surface area contributed by atoms with Crippen LogP contribution in [0.2, 0.25) is 5.02 Å². The Morgan fingerprint density at radius 3 is 2.60 bits per heavy atom. The van der Waals surface area contributed by atoms with Crippen molar-refractivity contribution in [2.75, 3.05) is 18.5 Å². The molecule has 1 aromatic rings. The third-order valence-electron chi connectivity index (χ3n) is 2.31. The topological polar surface area (TPSA) is 32.3 Å². The van der Waals surface area contributed by atoms with Gasteiger partial charge in [-0.15, -0.1) is 0 Å². The number of aryl methyl sites for hydroxylation is 1. The quantitative estimate of drug-likeness (QED) is 0.829. The summed E-state index contributed by atoms with van der Waals surface area (Å²) in [5.41, 5.74) is 1.93. The summed E-state index contributed by atoms with van der Waals surface area (Å²) in [6, 6.07) is 5.90. The molecule has 0 aliphatic carbocycles. The molecule has 0 saturated carbocycles. The van der Waals surface area contributed by atoms with Gasteiger partial charge < -0.3 is 10.4 Å². The number of aliphatic hydroxyl groups excluding tert-OH is 1. The first kappa shape index (κ1) is 12.3. The highest BCUT2D eigenvalue weighted by Gasteiger charge is 2.16. The van der Waals surface area contributed by atoms with Crippen LogP contribution in [0.25, 0.3) is 0 Å². The van der Waals surface area contributed by atoms with Gasteiger partial charge in [0.05, 0.1) is 10.7 Å². The van der Waals surface area contributed by atoms with Crippen LogP contribution >= 0.6 is 11.6 Å². The molecule has 2 nitrogen and oxygen atoms in total. The lowest BCUT2D eigenvalue weighted by Crippen LogP contribution is -2.26. The van der Waals surface area contributed by atoms with Gasteiger partial charge in [0, 0.05) is 18.6 Å². The second-order valence-electron chi connectivity index (χ2n) is 4.66. The zero-order valence-electron chi connectivity index (χ0n) is 9.47. The smallest absolute Gasteiger partial charge is 0.0640 e. The van der Waals surface area contributed by atoms with Crippen molar-refractivity contribution in [2.45, 2.75) is 20.8 Å². The molecular formula is C12H18ClNO. The molecule has 0 atom stereocenters. The van der Waals surface area contributed by atoms with E-state index in [1.165, 1.54) is 0 Å². The number of anilines is 1. The third-order valence-corrected chi connectivity index (χ3v) is 2.62. The zero-order valence-corrected chi connectivity index (χ0v) is 10.2. The zero-order chi connectivity index (χ0) is 11.5. The van der Waals surface area contributed by atoms with E-state index in [1.54, 1.807) is 0 Å². The molecule has 0 aliphatic heterocycles. The Balaban J connectivity index is 2.66. The molecule has 1 aromatic carbocycles. The van der Waals surface area contributed by atoms with Gasteiger partial charge in [0.15, 0.2) is 0 Å². The van der Waals surface area contributed by atoms with Gasteiger partial charge in [-0.1, -0.05) is 31.5 Å². The average molecular weight is 228 g/mol. The van der Waals surface area contributed by atoms with Gasteiger partial charge in [-0.2, -0.15) is 0 Å². The summed E-state index contributed by atoms with van der Waals surface area (Å²) in [4.78, 5) is 0. The minimum Gasteiger partial charge on any atom is -0.396 e. The number of halogens is 1. The van der Waals surface area contributed by atoms with Gasteiger partial charge in [0.25, 0.3) is 0 Å². The summed E-state index contributed by atoms with van der Waals surface area (Å²) < 4.78 is 0. The molecule has 0 amide bonds. The van der Waals surface area contributed by atoms with Crippen LogP contribution in [0.5, 0.6) is 0 Å². The molecule has 0 bridgehead atoms. The van der Waals surface area contributed by atoms with Gasteiger partial charge in [-0.3, -0.25) is 0 Å². The van der Waals surface area contributed by atoms with E-state index in [0.29, 0.717) is 6.54 Å². The summed E-state index contributed by atoms with van der Waals surface area (Å²) in [6.45, 7) is 6.87. The molecule has 0 spiro atoms. The molecule has 0 heterocycles. The molecule has 0 fully saturated rings. The van der Waals surface area contributed by atoms with Gasteiger partial charge in [-0.25, -0.2) is 0 Å². The van der Waals surface area contributed by atoms with E-state index in [-0.39, 0.29) is 12.0 Å². The minimum absolute atomic E-state index is 0.131. The van der Waals surface area contributed by atoms with Crippen molar-refractivity contribution in [1.29, 1.82) is 0 Å². The third kappa shape index (κ3) is 3.73. The van der Waals surface area contributed by atoms with Crippen molar-refractivity contribution < 1.29 is 5.11 Å². The molecule has 15 heavy (non-hydrogen) atoms. The van der Waals surface area contributed by atoms with Crippen molar-refractivity contribution >= 4 is 17.3 Å². The van der Waals surface area contributed by atoms with Gasteiger partial charge in [0.1, 0.15) is 0 Å². The fourth-order valence-electron chi connectivity index (χ4n) is 1.15. The first-order chi connectivity index (χ1) is 6.94. The second-order valence-corrected chi connectivity index (χ2v) is 5.07. The summed E-state index contributed by atoms with van der Waals surface area (Å²) in [7, 11) is 0. The largest absolute Gasteiger partial charge is 0.396 e. The van der Waals surface area contributed by atoms with Crippen LogP contribution in [-0.2, 0) is 0 Å². The number of nitrogens with one attached hydrogen (secondary N) is 1. The van der Waals surface area contributed by atoms with Crippen LogP contribution in [0.4, 0.5) is 5.69 Å². The first-order valence-corrected chi connectivity index (χ1v) is 5.43. The predicted molar refractivity (Wildman–Crippen MR) is 65.5 cm³/mol. The summed E-state index contributed by atoms with van der Waals surface area (Å²) in [5.74, 6) is 0. The van der Waals surface area contributed by atoms with Crippen LogP contribution in [0, 0.1) is 12.3 Å². The van der Waals surface area contributed by atoms with E-state index in [2.05, 4.69) is 5.32 Å².